The van der Waals surface area contributed by atoms with Crippen LogP contribution in [-0.4, -0.2) is 34.3 Å². The normalized spacial score (nSPS) is 11.9. The van der Waals surface area contributed by atoms with Gasteiger partial charge in [0.2, 0.25) is 5.91 Å². The molecular weight excluding hydrogens is 346 g/mol. The fourth-order valence-electron chi connectivity index (χ4n) is 2.84. The summed E-state index contributed by atoms with van der Waals surface area (Å²) >= 11 is 0. The SMILES string of the molecule is Cc1cc2ccc(OCc3ccccc3)cc2n1C(=O)N[C@@H](CO)C(N)=O. The molecule has 3 rings (SSSR count). The Balaban J connectivity index is 1.86. The summed E-state index contributed by atoms with van der Waals surface area (Å²) in [5.41, 5.74) is 7.53. The number of carbonyl (C=O) groups excluding carboxylic acids is 2. The van der Waals surface area contributed by atoms with Gasteiger partial charge in [-0.3, -0.25) is 9.36 Å². The van der Waals surface area contributed by atoms with Crippen molar-refractivity contribution in [1.82, 2.24) is 9.88 Å². The zero-order valence-corrected chi connectivity index (χ0v) is 14.9. The van der Waals surface area contributed by atoms with E-state index in [-0.39, 0.29) is 0 Å². The first-order valence-electron chi connectivity index (χ1n) is 8.49. The van der Waals surface area contributed by atoms with E-state index in [0.717, 1.165) is 10.9 Å². The average molecular weight is 367 g/mol. The van der Waals surface area contributed by atoms with Gasteiger partial charge in [-0.15, -0.1) is 0 Å². The van der Waals surface area contributed by atoms with E-state index in [1.165, 1.54) is 4.57 Å². The molecule has 0 spiro atoms. The Morgan fingerprint density at radius 2 is 1.93 bits per heavy atom. The summed E-state index contributed by atoms with van der Waals surface area (Å²) in [6, 6.07) is 15.4. The van der Waals surface area contributed by atoms with Crippen LogP contribution in [0.1, 0.15) is 11.3 Å². The Morgan fingerprint density at radius 1 is 1.19 bits per heavy atom. The highest BCUT2D eigenvalue weighted by molar-refractivity contribution is 5.95. The van der Waals surface area contributed by atoms with Crippen molar-refractivity contribution in [1.29, 1.82) is 0 Å². The van der Waals surface area contributed by atoms with Crippen molar-refractivity contribution in [3.05, 3.63) is 65.9 Å². The number of nitrogens with two attached hydrogens (primary N) is 1. The fourth-order valence-corrected chi connectivity index (χ4v) is 2.84. The molecule has 0 unspecified atom stereocenters. The van der Waals surface area contributed by atoms with Crippen molar-refractivity contribution in [2.75, 3.05) is 6.61 Å². The summed E-state index contributed by atoms with van der Waals surface area (Å²) in [7, 11) is 0. The number of nitrogens with one attached hydrogen (secondary N) is 1. The zero-order chi connectivity index (χ0) is 19.4. The van der Waals surface area contributed by atoms with Gasteiger partial charge in [0.15, 0.2) is 0 Å². The van der Waals surface area contributed by atoms with E-state index in [2.05, 4.69) is 5.32 Å². The molecule has 27 heavy (non-hydrogen) atoms. The Morgan fingerprint density at radius 3 is 2.59 bits per heavy atom. The van der Waals surface area contributed by atoms with Gasteiger partial charge in [-0.05, 0) is 30.7 Å². The van der Waals surface area contributed by atoms with E-state index >= 15 is 0 Å². The van der Waals surface area contributed by atoms with Crippen LogP contribution in [0.15, 0.2) is 54.6 Å². The van der Waals surface area contributed by atoms with Gasteiger partial charge in [-0.25, -0.2) is 4.79 Å². The van der Waals surface area contributed by atoms with E-state index in [1.807, 2.05) is 48.5 Å². The summed E-state index contributed by atoms with van der Waals surface area (Å²) in [5.74, 6) is -0.182. The highest BCUT2D eigenvalue weighted by Crippen LogP contribution is 2.25. The van der Waals surface area contributed by atoms with Crippen LogP contribution in [0.4, 0.5) is 4.79 Å². The second-order valence-electron chi connectivity index (χ2n) is 6.20. The average Bonchev–Trinajstić information content (AvgIpc) is 3.00. The van der Waals surface area contributed by atoms with Crippen LogP contribution in [0.2, 0.25) is 0 Å². The smallest absolute Gasteiger partial charge is 0.326 e. The number of ether oxygens (including phenoxy) is 1. The molecule has 1 atom stereocenters. The molecule has 1 heterocycles. The van der Waals surface area contributed by atoms with Crippen molar-refractivity contribution in [2.45, 2.75) is 19.6 Å². The number of aliphatic hydroxyl groups excluding tert-OH is 1. The number of primary amides is 1. The fraction of sp³-hybridized carbons (Fsp3) is 0.200. The standard InChI is InChI=1S/C20H21N3O4/c1-13-9-15-7-8-16(27-12-14-5-3-2-4-6-14)10-18(15)23(13)20(26)22-17(11-24)19(21)25/h2-10,17,24H,11-12H2,1H3,(H2,21,25)(H,22,26)/t17-/m0/s1. The van der Waals surface area contributed by atoms with Crippen LogP contribution in [0, 0.1) is 6.92 Å². The van der Waals surface area contributed by atoms with Gasteiger partial charge in [0.05, 0.1) is 12.1 Å². The number of aromatic nitrogens is 1. The third-order valence-corrected chi connectivity index (χ3v) is 4.24. The van der Waals surface area contributed by atoms with Crippen molar-refractivity contribution in [3.63, 3.8) is 0 Å². The van der Waals surface area contributed by atoms with Crippen molar-refractivity contribution >= 4 is 22.8 Å². The van der Waals surface area contributed by atoms with Gasteiger partial charge >= 0.3 is 6.03 Å². The lowest BCUT2D eigenvalue weighted by molar-refractivity contribution is -0.120. The monoisotopic (exact) mass is 367 g/mol. The number of carbonyl (C=O) groups is 2. The zero-order valence-electron chi connectivity index (χ0n) is 14.9. The summed E-state index contributed by atoms with van der Waals surface area (Å²) in [5, 5.41) is 12.5. The molecule has 0 aliphatic carbocycles. The lowest BCUT2D eigenvalue weighted by Crippen LogP contribution is -2.48. The molecule has 0 fully saturated rings. The largest absolute Gasteiger partial charge is 0.489 e. The number of rotatable bonds is 6. The van der Waals surface area contributed by atoms with Crippen molar-refractivity contribution < 1.29 is 19.4 Å². The molecule has 0 bridgehead atoms. The van der Waals surface area contributed by atoms with Crippen LogP contribution in [-0.2, 0) is 11.4 Å². The van der Waals surface area contributed by atoms with Gasteiger partial charge in [0.1, 0.15) is 18.4 Å². The third kappa shape index (κ3) is 4.09. The summed E-state index contributed by atoms with van der Waals surface area (Å²) < 4.78 is 7.25. The first-order chi connectivity index (χ1) is 13.0. The molecule has 0 aliphatic heterocycles. The van der Waals surface area contributed by atoms with Crippen LogP contribution < -0.4 is 15.8 Å². The van der Waals surface area contributed by atoms with Gasteiger partial charge in [-0.1, -0.05) is 30.3 Å². The van der Waals surface area contributed by atoms with E-state index in [9.17, 15) is 14.7 Å². The second-order valence-corrected chi connectivity index (χ2v) is 6.20. The van der Waals surface area contributed by atoms with Crippen LogP contribution in [0.25, 0.3) is 10.9 Å². The molecule has 7 nitrogen and oxygen atoms in total. The molecule has 140 valence electrons. The number of aliphatic hydroxyl groups is 1. The number of nitrogens with zero attached hydrogens (tertiary/aromatic N) is 1. The van der Waals surface area contributed by atoms with E-state index in [0.29, 0.717) is 23.6 Å². The first kappa shape index (κ1) is 18.5. The lowest BCUT2D eigenvalue weighted by atomic mass is 10.2. The third-order valence-electron chi connectivity index (χ3n) is 4.24. The number of aryl methyl sites for hydroxylation is 1. The summed E-state index contributed by atoms with van der Waals surface area (Å²) in [4.78, 5) is 23.9. The first-order valence-corrected chi connectivity index (χ1v) is 8.49. The number of amides is 2. The quantitative estimate of drug-likeness (QED) is 0.619. The second kappa shape index (κ2) is 7.92. The maximum absolute atomic E-state index is 12.6. The molecule has 0 aliphatic rings. The molecule has 3 aromatic rings. The number of hydrogen-bond acceptors (Lipinski definition) is 4. The molecule has 7 heteroatoms. The number of benzene rings is 2. The maximum atomic E-state index is 12.6. The van der Waals surface area contributed by atoms with Crippen molar-refractivity contribution in [3.8, 4) is 5.75 Å². The van der Waals surface area contributed by atoms with E-state index < -0.39 is 24.6 Å². The molecule has 0 radical (unpaired) electrons. The van der Waals surface area contributed by atoms with Gasteiger partial charge < -0.3 is 20.9 Å². The molecule has 2 amide bonds. The Labute approximate surface area is 156 Å². The number of hydrogen-bond donors (Lipinski definition) is 3. The number of fused-ring (bicyclic) bond motifs is 1. The Hall–Kier alpha value is -3.32. The molecule has 4 N–H and O–H groups in total. The highest BCUT2D eigenvalue weighted by Gasteiger charge is 2.20. The predicted octanol–water partition coefficient (Wildman–Crippen LogP) is 1.93. The van der Waals surface area contributed by atoms with Crippen LogP contribution >= 0.6 is 0 Å². The lowest BCUT2D eigenvalue weighted by Gasteiger charge is -2.15. The van der Waals surface area contributed by atoms with Gasteiger partial charge in [0, 0.05) is 17.1 Å². The molecule has 2 aromatic carbocycles. The minimum absolute atomic E-state index is 0.409. The topological polar surface area (TPSA) is 107 Å². The minimum Gasteiger partial charge on any atom is -0.489 e. The van der Waals surface area contributed by atoms with Crippen molar-refractivity contribution in [2.24, 2.45) is 5.73 Å². The minimum atomic E-state index is -1.15. The van der Waals surface area contributed by atoms with Crippen LogP contribution in [0.5, 0.6) is 5.75 Å². The van der Waals surface area contributed by atoms with Gasteiger partial charge in [-0.2, -0.15) is 0 Å². The Bertz CT molecular complexity index is 966. The Kier molecular flexibility index (Phi) is 5.42. The highest BCUT2D eigenvalue weighted by atomic mass is 16.5. The van der Waals surface area contributed by atoms with E-state index in [1.54, 1.807) is 13.0 Å². The summed E-state index contributed by atoms with van der Waals surface area (Å²) in [6.45, 7) is 1.62. The van der Waals surface area contributed by atoms with E-state index in [4.69, 9.17) is 10.5 Å². The molecule has 0 saturated carbocycles. The molecule has 1 aromatic heterocycles. The summed E-state index contributed by atoms with van der Waals surface area (Å²) in [6.07, 6.45) is 0. The van der Waals surface area contributed by atoms with Gasteiger partial charge in [0.25, 0.3) is 0 Å². The predicted molar refractivity (Wildman–Crippen MR) is 101 cm³/mol. The maximum Gasteiger partial charge on any atom is 0.326 e. The molecular formula is C20H21N3O4. The molecule has 0 saturated heterocycles. The van der Waals surface area contributed by atoms with Crippen LogP contribution in [0.3, 0.4) is 0 Å².